The Bertz CT molecular complexity index is 831. The number of hydrogen-bond donors (Lipinski definition) is 1. The van der Waals surface area contributed by atoms with Gasteiger partial charge in [-0.2, -0.15) is 0 Å². The van der Waals surface area contributed by atoms with Crippen molar-refractivity contribution >= 4 is 23.4 Å². The molecule has 1 aliphatic heterocycles. The van der Waals surface area contributed by atoms with Crippen LogP contribution in [0.15, 0.2) is 30.6 Å². The molecule has 1 aromatic carbocycles. The van der Waals surface area contributed by atoms with Crippen LogP contribution in [0.25, 0.3) is 0 Å². The number of benzene rings is 1. The number of ether oxygens (including phenoxy) is 1. The molecule has 7 nitrogen and oxygen atoms in total. The number of nitrogens with zero attached hydrogens (tertiary/aromatic N) is 3. The van der Waals surface area contributed by atoms with Crippen molar-refractivity contribution in [2.75, 3.05) is 24.3 Å². The molecule has 1 aromatic heterocycles. The summed E-state index contributed by atoms with van der Waals surface area (Å²) < 4.78 is 4.85. The molecule has 0 saturated heterocycles. The third-order valence-corrected chi connectivity index (χ3v) is 4.58. The summed E-state index contributed by atoms with van der Waals surface area (Å²) in [6.45, 7) is 4.12. The second-order valence-electron chi connectivity index (χ2n) is 6.45. The van der Waals surface area contributed by atoms with Gasteiger partial charge in [-0.25, -0.2) is 9.97 Å². The number of methoxy groups -OCH3 is 1. The van der Waals surface area contributed by atoms with Gasteiger partial charge < -0.3 is 15.4 Å². The van der Waals surface area contributed by atoms with E-state index in [4.69, 9.17) is 10.5 Å². The van der Waals surface area contributed by atoms with Crippen LogP contribution in [-0.2, 0) is 21.4 Å². The van der Waals surface area contributed by atoms with Crippen LogP contribution in [-0.4, -0.2) is 35.5 Å². The fraction of sp³-hybridized carbons (Fsp3) is 0.333. The van der Waals surface area contributed by atoms with E-state index >= 15 is 0 Å². The summed E-state index contributed by atoms with van der Waals surface area (Å²) in [6.07, 6.45) is 1.99. The quantitative estimate of drug-likeness (QED) is 0.854. The van der Waals surface area contributed by atoms with Crippen LogP contribution in [0.4, 0.5) is 11.5 Å². The highest BCUT2D eigenvalue weighted by Crippen LogP contribution is 2.29. The first kappa shape index (κ1) is 16.9. The Morgan fingerprint density at radius 3 is 2.56 bits per heavy atom. The first-order valence-electron chi connectivity index (χ1n) is 7.96. The van der Waals surface area contributed by atoms with Crippen molar-refractivity contribution < 1.29 is 14.3 Å². The van der Waals surface area contributed by atoms with Crippen molar-refractivity contribution in [1.82, 2.24) is 9.97 Å². The highest BCUT2D eigenvalue weighted by Gasteiger charge is 2.32. The van der Waals surface area contributed by atoms with Crippen LogP contribution in [0.2, 0.25) is 0 Å². The van der Waals surface area contributed by atoms with Gasteiger partial charge >= 0.3 is 5.97 Å². The Kier molecular flexibility index (Phi) is 4.16. The molecule has 130 valence electrons. The zero-order chi connectivity index (χ0) is 18.2. The maximum atomic E-state index is 12.8. The number of rotatable bonds is 3. The molecular weight excluding hydrogens is 320 g/mol. The fourth-order valence-electron chi connectivity index (χ4n) is 2.99. The lowest BCUT2D eigenvalue weighted by atomic mass is 9.84. The molecule has 0 radical (unpaired) electrons. The van der Waals surface area contributed by atoms with Crippen LogP contribution in [0.5, 0.6) is 0 Å². The molecule has 0 fully saturated rings. The summed E-state index contributed by atoms with van der Waals surface area (Å²) in [4.78, 5) is 34.4. The maximum absolute atomic E-state index is 12.8. The van der Waals surface area contributed by atoms with Crippen molar-refractivity contribution in [2.45, 2.75) is 25.7 Å². The molecule has 0 bridgehead atoms. The highest BCUT2D eigenvalue weighted by molar-refractivity contribution is 6.10. The lowest BCUT2D eigenvalue weighted by molar-refractivity contribution is -0.146. The minimum atomic E-state index is -0.760. The van der Waals surface area contributed by atoms with E-state index in [1.165, 1.54) is 13.4 Å². The minimum Gasteiger partial charge on any atom is -0.468 e. The third-order valence-electron chi connectivity index (χ3n) is 4.58. The number of nitrogens with two attached hydrogens (primary N) is 1. The Morgan fingerprint density at radius 1 is 1.24 bits per heavy atom. The number of esters is 1. The van der Waals surface area contributed by atoms with Crippen molar-refractivity contribution in [2.24, 2.45) is 0 Å². The molecule has 2 aromatic rings. The molecule has 2 N–H and O–H groups in total. The number of hydrogen-bond acceptors (Lipinski definition) is 6. The first-order valence-corrected chi connectivity index (χ1v) is 7.96. The Hall–Kier alpha value is -2.96. The van der Waals surface area contributed by atoms with Gasteiger partial charge in [0.25, 0.3) is 5.91 Å². The highest BCUT2D eigenvalue weighted by atomic mass is 16.5. The smallest absolute Gasteiger partial charge is 0.315 e. The van der Waals surface area contributed by atoms with E-state index in [2.05, 4.69) is 9.97 Å². The third kappa shape index (κ3) is 2.82. The van der Waals surface area contributed by atoms with E-state index in [1.54, 1.807) is 18.7 Å². The van der Waals surface area contributed by atoms with Crippen molar-refractivity contribution in [3.8, 4) is 0 Å². The number of nitrogen functional groups attached to an aromatic ring is 1. The Balaban J connectivity index is 1.90. The fourth-order valence-corrected chi connectivity index (χ4v) is 2.99. The lowest BCUT2D eigenvalue weighted by Gasteiger charge is -2.29. The predicted octanol–water partition coefficient (Wildman–Crippen LogP) is 1.71. The number of carbonyl (C=O) groups is 2. The zero-order valence-electron chi connectivity index (χ0n) is 14.4. The molecule has 3 rings (SSSR count). The van der Waals surface area contributed by atoms with Crippen molar-refractivity contribution in [1.29, 1.82) is 0 Å². The summed E-state index contributed by atoms with van der Waals surface area (Å²) in [6, 6.07) is 7.31. The average molecular weight is 340 g/mol. The minimum absolute atomic E-state index is 0.197. The number of aromatic nitrogens is 2. The number of anilines is 2. The van der Waals surface area contributed by atoms with Crippen molar-refractivity contribution in [3.05, 3.63) is 47.4 Å². The average Bonchev–Trinajstić information content (AvgIpc) is 2.61. The number of fused-ring (bicyclic) bond motifs is 1. The predicted molar refractivity (Wildman–Crippen MR) is 93.3 cm³/mol. The monoisotopic (exact) mass is 340 g/mol. The van der Waals surface area contributed by atoms with Crippen molar-refractivity contribution in [3.63, 3.8) is 0 Å². The van der Waals surface area contributed by atoms with Crippen LogP contribution in [0, 0.1) is 0 Å². The Labute approximate surface area is 145 Å². The van der Waals surface area contributed by atoms with Gasteiger partial charge in [-0.05, 0) is 31.5 Å². The van der Waals surface area contributed by atoms with E-state index in [9.17, 15) is 9.59 Å². The molecule has 0 saturated carbocycles. The zero-order valence-corrected chi connectivity index (χ0v) is 14.4. The molecule has 25 heavy (non-hydrogen) atoms. The normalized spacial score (nSPS) is 14.2. The van der Waals surface area contributed by atoms with Crippen LogP contribution in [0.1, 0.15) is 35.5 Å². The first-order chi connectivity index (χ1) is 11.9. The lowest BCUT2D eigenvalue weighted by Crippen LogP contribution is -2.39. The Morgan fingerprint density at radius 2 is 1.92 bits per heavy atom. The van der Waals surface area contributed by atoms with Gasteiger partial charge in [0.2, 0.25) is 0 Å². The number of carbonyl (C=O) groups excluding carboxylic acids is 2. The maximum Gasteiger partial charge on any atom is 0.315 e. The van der Waals surface area contributed by atoms with Gasteiger partial charge in [-0.15, -0.1) is 0 Å². The number of amides is 1. The standard InChI is InChI=1S/C18H20N4O3/c1-18(2,17(24)25-3)11-4-6-12(7-5-11)22-9-8-13-14(16(22)23)15(19)21-10-20-13/h4-7,10H,8-9H2,1-3H3,(H2,19,20,21). The molecule has 0 aliphatic carbocycles. The van der Waals surface area contributed by atoms with Crippen LogP contribution in [0.3, 0.4) is 0 Å². The second kappa shape index (κ2) is 6.16. The summed E-state index contributed by atoms with van der Waals surface area (Å²) >= 11 is 0. The summed E-state index contributed by atoms with van der Waals surface area (Å²) in [5.74, 6) is -0.323. The van der Waals surface area contributed by atoms with E-state index in [1.807, 2.05) is 24.3 Å². The van der Waals surface area contributed by atoms with E-state index in [-0.39, 0.29) is 17.7 Å². The SMILES string of the molecule is COC(=O)C(C)(C)c1ccc(N2CCc3ncnc(N)c3C2=O)cc1. The summed E-state index contributed by atoms with van der Waals surface area (Å²) in [5.41, 5.74) is 7.69. The molecule has 1 amide bonds. The molecule has 0 unspecified atom stereocenters. The van der Waals surface area contributed by atoms with E-state index < -0.39 is 5.41 Å². The van der Waals surface area contributed by atoms with Gasteiger partial charge in [0, 0.05) is 18.7 Å². The molecule has 1 aliphatic rings. The van der Waals surface area contributed by atoms with Gasteiger partial charge in [-0.1, -0.05) is 12.1 Å². The van der Waals surface area contributed by atoms with E-state index in [0.717, 1.165) is 11.3 Å². The summed E-state index contributed by atoms with van der Waals surface area (Å²) in [7, 11) is 1.37. The summed E-state index contributed by atoms with van der Waals surface area (Å²) in [5, 5.41) is 0. The molecule has 2 heterocycles. The van der Waals surface area contributed by atoms with Gasteiger partial charge in [-0.3, -0.25) is 9.59 Å². The van der Waals surface area contributed by atoms with Crippen LogP contribution < -0.4 is 10.6 Å². The van der Waals surface area contributed by atoms with Gasteiger partial charge in [0.15, 0.2) is 0 Å². The van der Waals surface area contributed by atoms with Gasteiger partial charge in [0.05, 0.1) is 18.2 Å². The second-order valence-corrected chi connectivity index (χ2v) is 6.45. The molecule has 0 spiro atoms. The van der Waals surface area contributed by atoms with E-state index in [0.29, 0.717) is 24.2 Å². The molecule has 7 heteroatoms. The van der Waals surface area contributed by atoms with Crippen LogP contribution >= 0.6 is 0 Å². The molecule has 0 atom stereocenters. The van der Waals surface area contributed by atoms with Gasteiger partial charge in [0.1, 0.15) is 17.7 Å². The largest absolute Gasteiger partial charge is 0.468 e. The topological polar surface area (TPSA) is 98.4 Å². The molecular formula is C18H20N4O3.